The minimum atomic E-state index is -0.314. The third-order valence-electron chi connectivity index (χ3n) is 2.41. The molecule has 0 bridgehead atoms. The van der Waals surface area contributed by atoms with Crippen molar-refractivity contribution in [1.29, 1.82) is 0 Å². The number of aromatic nitrogens is 4. The average Bonchev–Trinajstić information content (AvgIpc) is 2.64. The first-order valence-corrected chi connectivity index (χ1v) is 4.92. The van der Waals surface area contributed by atoms with Crippen molar-refractivity contribution >= 4 is 0 Å². The van der Waals surface area contributed by atoms with Gasteiger partial charge >= 0.3 is 0 Å². The van der Waals surface area contributed by atoms with Gasteiger partial charge in [0, 0.05) is 7.05 Å². The van der Waals surface area contributed by atoms with Crippen LogP contribution in [0, 0.1) is 0 Å². The van der Waals surface area contributed by atoms with Crippen LogP contribution in [-0.2, 0) is 13.5 Å². The van der Waals surface area contributed by atoms with E-state index in [4.69, 9.17) is 0 Å². The molecule has 2 N–H and O–H groups in total. The van der Waals surface area contributed by atoms with Gasteiger partial charge in [0.25, 0.3) is 5.56 Å². The lowest BCUT2D eigenvalue weighted by atomic mass is 10.2. The molecule has 0 aromatic carbocycles. The molecule has 0 spiro atoms. The summed E-state index contributed by atoms with van der Waals surface area (Å²) in [5, 5.41) is 9.60. The van der Waals surface area contributed by atoms with E-state index in [1.54, 1.807) is 31.1 Å². The molecular formula is C10H12N4O2. The van der Waals surface area contributed by atoms with Crippen LogP contribution >= 0.6 is 0 Å². The molecule has 6 nitrogen and oxygen atoms in total. The van der Waals surface area contributed by atoms with Crippen molar-refractivity contribution in [3.05, 3.63) is 28.4 Å². The summed E-state index contributed by atoms with van der Waals surface area (Å²) in [5.41, 5.74) is 0.632. The normalized spacial score (nSPS) is 10.6. The van der Waals surface area contributed by atoms with Gasteiger partial charge in [0.05, 0.1) is 18.1 Å². The van der Waals surface area contributed by atoms with Gasteiger partial charge < -0.3 is 14.7 Å². The van der Waals surface area contributed by atoms with Crippen molar-refractivity contribution in [2.75, 3.05) is 0 Å². The Morgan fingerprint density at radius 1 is 1.56 bits per heavy atom. The number of aryl methyl sites for hydroxylation is 1. The quantitative estimate of drug-likeness (QED) is 0.769. The molecule has 2 rings (SSSR count). The van der Waals surface area contributed by atoms with Crippen molar-refractivity contribution in [2.45, 2.75) is 13.3 Å². The molecule has 84 valence electrons. The van der Waals surface area contributed by atoms with Crippen LogP contribution in [0.5, 0.6) is 5.88 Å². The van der Waals surface area contributed by atoms with E-state index in [1.165, 1.54) is 0 Å². The largest absolute Gasteiger partial charge is 0.493 e. The fourth-order valence-electron chi connectivity index (χ4n) is 1.51. The van der Waals surface area contributed by atoms with Gasteiger partial charge in [-0.25, -0.2) is 4.98 Å². The highest BCUT2D eigenvalue weighted by Gasteiger charge is 2.11. The van der Waals surface area contributed by atoms with E-state index in [9.17, 15) is 9.90 Å². The molecule has 0 saturated heterocycles. The van der Waals surface area contributed by atoms with Gasteiger partial charge in [-0.05, 0) is 6.42 Å². The monoisotopic (exact) mass is 220 g/mol. The predicted molar refractivity (Wildman–Crippen MR) is 58.1 cm³/mol. The molecule has 0 aliphatic carbocycles. The van der Waals surface area contributed by atoms with E-state index in [0.717, 1.165) is 0 Å². The van der Waals surface area contributed by atoms with E-state index < -0.39 is 0 Å². The van der Waals surface area contributed by atoms with E-state index >= 15 is 0 Å². The first-order valence-electron chi connectivity index (χ1n) is 4.92. The van der Waals surface area contributed by atoms with E-state index in [0.29, 0.717) is 23.5 Å². The average molecular weight is 220 g/mol. The van der Waals surface area contributed by atoms with Gasteiger partial charge in [-0.15, -0.1) is 0 Å². The van der Waals surface area contributed by atoms with Gasteiger partial charge in [-0.2, -0.15) is 4.98 Å². The van der Waals surface area contributed by atoms with Gasteiger partial charge in [-0.1, -0.05) is 6.92 Å². The molecular weight excluding hydrogens is 208 g/mol. The number of aromatic amines is 1. The van der Waals surface area contributed by atoms with E-state index in [1.807, 2.05) is 0 Å². The molecule has 6 heteroatoms. The number of aromatic hydroxyl groups is 1. The Balaban J connectivity index is 2.61. The van der Waals surface area contributed by atoms with Crippen molar-refractivity contribution in [2.24, 2.45) is 7.05 Å². The molecule has 0 fully saturated rings. The summed E-state index contributed by atoms with van der Waals surface area (Å²) in [6, 6.07) is 0. The molecule has 2 heterocycles. The van der Waals surface area contributed by atoms with Crippen LogP contribution in [0.15, 0.2) is 17.3 Å². The summed E-state index contributed by atoms with van der Waals surface area (Å²) in [6.45, 7) is 1.79. The number of hydrogen-bond acceptors (Lipinski definition) is 4. The Kier molecular flexibility index (Phi) is 2.47. The van der Waals surface area contributed by atoms with Gasteiger partial charge in [0.2, 0.25) is 5.88 Å². The maximum atomic E-state index is 11.6. The van der Waals surface area contributed by atoms with Crippen LogP contribution in [0.25, 0.3) is 11.5 Å². The lowest BCUT2D eigenvalue weighted by Crippen LogP contribution is -2.15. The second kappa shape index (κ2) is 3.80. The second-order valence-corrected chi connectivity index (χ2v) is 3.46. The summed E-state index contributed by atoms with van der Waals surface area (Å²) >= 11 is 0. The van der Waals surface area contributed by atoms with Crippen molar-refractivity contribution in [1.82, 2.24) is 19.5 Å². The highest BCUT2D eigenvalue weighted by molar-refractivity contribution is 5.49. The van der Waals surface area contributed by atoms with Crippen LogP contribution < -0.4 is 5.56 Å². The first-order chi connectivity index (χ1) is 7.63. The maximum Gasteiger partial charge on any atom is 0.258 e. The first kappa shape index (κ1) is 10.4. The number of hydrogen-bond donors (Lipinski definition) is 2. The number of nitrogens with zero attached hydrogens (tertiary/aromatic N) is 3. The van der Waals surface area contributed by atoms with Gasteiger partial charge in [0.1, 0.15) is 5.69 Å². The summed E-state index contributed by atoms with van der Waals surface area (Å²) < 4.78 is 1.71. The molecule has 0 aliphatic rings. The Bertz CT molecular complexity index is 570. The van der Waals surface area contributed by atoms with Crippen LogP contribution in [0.4, 0.5) is 0 Å². The molecule has 0 radical (unpaired) electrons. The van der Waals surface area contributed by atoms with Crippen molar-refractivity contribution in [3.63, 3.8) is 0 Å². The van der Waals surface area contributed by atoms with Crippen LogP contribution in [0.1, 0.15) is 12.5 Å². The third-order valence-corrected chi connectivity index (χ3v) is 2.41. The number of imidazole rings is 1. The highest BCUT2D eigenvalue weighted by Crippen LogP contribution is 2.16. The topological polar surface area (TPSA) is 83.8 Å². The molecule has 0 unspecified atom stereocenters. The van der Waals surface area contributed by atoms with Gasteiger partial charge in [-0.3, -0.25) is 4.79 Å². The molecule has 0 atom stereocenters. The van der Waals surface area contributed by atoms with Crippen LogP contribution in [0.3, 0.4) is 0 Å². The lowest BCUT2D eigenvalue weighted by molar-refractivity contribution is 0.444. The summed E-state index contributed by atoms with van der Waals surface area (Å²) in [7, 11) is 1.78. The fourth-order valence-corrected chi connectivity index (χ4v) is 1.51. The van der Waals surface area contributed by atoms with E-state index in [-0.39, 0.29) is 11.4 Å². The van der Waals surface area contributed by atoms with Crippen LogP contribution in [-0.4, -0.2) is 24.6 Å². The predicted octanol–water partition coefficient (Wildman–Crippen LogP) is 0.438. The smallest absolute Gasteiger partial charge is 0.258 e. The summed E-state index contributed by atoms with van der Waals surface area (Å²) in [5.74, 6) is 0.0992. The molecule has 16 heavy (non-hydrogen) atoms. The maximum absolute atomic E-state index is 11.6. The molecule has 2 aromatic heterocycles. The van der Waals surface area contributed by atoms with Gasteiger partial charge in [0.15, 0.2) is 5.82 Å². The second-order valence-electron chi connectivity index (χ2n) is 3.46. The minimum Gasteiger partial charge on any atom is -0.493 e. The highest BCUT2D eigenvalue weighted by atomic mass is 16.3. The Labute approximate surface area is 91.6 Å². The Hall–Kier alpha value is -2.11. The number of nitrogens with one attached hydrogen (secondary N) is 1. The zero-order chi connectivity index (χ0) is 11.7. The Morgan fingerprint density at radius 2 is 2.31 bits per heavy atom. The molecule has 0 amide bonds. The summed E-state index contributed by atoms with van der Waals surface area (Å²) in [6.07, 6.45) is 3.61. The SMILES string of the molecule is CCc1c(O)nc(-c2cncn2C)[nH]c1=O. The van der Waals surface area contributed by atoms with Crippen LogP contribution in [0.2, 0.25) is 0 Å². The van der Waals surface area contributed by atoms with Crippen molar-refractivity contribution < 1.29 is 5.11 Å². The standard InChI is InChI=1S/C10H12N4O2/c1-3-6-9(15)12-8(13-10(6)16)7-4-11-5-14(7)2/h4-5H,3H2,1-2H3,(H2,12,13,15,16). The minimum absolute atomic E-state index is 0.220. The van der Waals surface area contributed by atoms with Crippen molar-refractivity contribution in [3.8, 4) is 17.4 Å². The Morgan fingerprint density at radius 3 is 2.81 bits per heavy atom. The summed E-state index contributed by atoms with van der Waals surface area (Å²) in [4.78, 5) is 22.1. The zero-order valence-corrected chi connectivity index (χ0v) is 9.06. The zero-order valence-electron chi connectivity index (χ0n) is 9.06. The third kappa shape index (κ3) is 1.58. The lowest BCUT2D eigenvalue weighted by Gasteiger charge is -2.04. The van der Waals surface area contributed by atoms with E-state index in [2.05, 4.69) is 15.0 Å². The fraction of sp³-hybridized carbons (Fsp3) is 0.300. The number of rotatable bonds is 2. The molecule has 0 aliphatic heterocycles. The molecule has 2 aromatic rings. The molecule has 0 saturated carbocycles. The number of H-pyrrole nitrogens is 1.